The van der Waals surface area contributed by atoms with Crippen LogP contribution in [0.4, 0.5) is 0 Å². The molecule has 2 rings (SSSR count). The summed E-state index contributed by atoms with van der Waals surface area (Å²) >= 11 is 0. The number of carbonyl (C=O) groups excluding carboxylic acids is 1. The molecule has 144 valence electrons. The average Bonchev–Trinajstić information content (AvgIpc) is 2.60. The standard InChI is InChI=1S/C17H19N3O6S/c1-10-14(16(24)20-17(25)18-10)6-7-15(23)19-11(8-21)9-27(26)13-4-2-12(22)3-5-13/h2-7,11,21-22H,8-9H2,1H3,(H,19,23)(H2,18,20,24,25)/b7-6+/t11-,27?/m0/s1. The number of hydrogen-bond donors (Lipinski definition) is 5. The van der Waals surface area contributed by atoms with E-state index in [1.807, 2.05) is 0 Å². The molecule has 10 heteroatoms. The molecule has 0 bridgehead atoms. The van der Waals surface area contributed by atoms with Gasteiger partial charge in [-0.25, -0.2) is 4.79 Å². The molecule has 1 amide bonds. The van der Waals surface area contributed by atoms with Crippen molar-refractivity contribution in [2.24, 2.45) is 0 Å². The Morgan fingerprint density at radius 2 is 1.93 bits per heavy atom. The van der Waals surface area contributed by atoms with Crippen LogP contribution in [-0.4, -0.2) is 48.7 Å². The van der Waals surface area contributed by atoms with E-state index < -0.39 is 40.6 Å². The second kappa shape index (κ2) is 9.10. The molecule has 5 N–H and O–H groups in total. The van der Waals surface area contributed by atoms with Crippen LogP contribution >= 0.6 is 0 Å². The van der Waals surface area contributed by atoms with Crippen LogP contribution in [0.5, 0.6) is 5.75 Å². The summed E-state index contributed by atoms with van der Waals surface area (Å²) in [5.74, 6) is -0.582. The number of aromatic hydroxyl groups is 1. The minimum atomic E-state index is -1.49. The lowest BCUT2D eigenvalue weighted by Gasteiger charge is -2.14. The molecule has 2 atom stereocenters. The van der Waals surface area contributed by atoms with E-state index in [2.05, 4.69) is 15.3 Å². The van der Waals surface area contributed by atoms with Crippen LogP contribution in [0.25, 0.3) is 6.08 Å². The number of H-pyrrole nitrogens is 2. The summed E-state index contributed by atoms with van der Waals surface area (Å²) < 4.78 is 12.3. The second-order valence-corrected chi connectivity index (χ2v) is 7.17. The highest BCUT2D eigenvalue weighted by atomic mass is 32.2. The molecule has 0 aliphatic rings. The number of aryl methyl sites for hydroxylation is 1. The summed E-state index contributed by atoms with van der Waals surface area (Å²) in [5.41, 5.74) is -0.846. The zero-order chi connectivity index (χ0) is 20.0. The van der Waals surface area contributed by atoms with Crippen molar-refractivity contribution in [2.75, 3.05) is 12.4 Å². The first-order chi connectivity index (χ1) is 12.8. The smallest absolute Gasteiger partial charge is 0.325 e. The number of aromatic nitrogens is 2. The van der Waals surface area contributed by atoms with Crippen molar-refractivity contribution in [1.29, 1.82) is 0 Å². The molecule has 0 fully saturated rings. The van der Waals surface area contributed by atoms with Gasteiger partial charge in [0.1, 0.15) is 5.75 Å². The number of benzene rings is 1. The van der Waals surface area contributed by atoms with Gasteiger partial charge in [0, 0.05) is 16.7 Å². The summed E-state index contributed by atoms with van der Waals surface area (Å²) in [4.78, 5) is 39.8. The number of phenols is 1. The molecule has 1 aromatic heterocycles. The molecule has 0 saturated carbocycles. The Balaban J connectivity index is 2.02. The van der Waals surface area contributed by atoms with E-state index in [9.17, 15) is 28.8 Å². The predicted octanol–water partition coefficient (Wildman–Crippen LogP) is -0.625. The molecule has 27 heavy (non-hydrogen) atoms. The van der Waals surface area contributed by atoms with Gasteiger partial charge >= 0.3 is 5.69 Å². The highest BCUT2D eigenvalue weighted by Gasteiger charge is 2.15. The van der Waals surface area contributed by atoms with Gasteiger partial charge in [-0.3, -0.25) is 18.8 Å². The molecule has 0 saturated heterocycles. The van der Waals surface area contributed by atoms with E-state index in [-0.39, 0.29) is 17.1 Å². The van der Waals surface area contributed by atoms with Gasteiger partial charge in [0.2, 0.25) is 5.91 Å². The fraction of sp³-hybridized carbons (Fsp3) is 0.235. The highest BCUT2D eigenvalue weighted by molar-refractivity contribution is 7.85. The molecular weight excluding hydrogens is 374 g/mol. The van der Waals surface area contributed by atoms with Crippen molar-refractivity contribution in [1.82, 2.24) is 15.3 Å². The van der Waals surface area contributed by atoms with Gasteiger partial charge < -0.3 is 20.5 Å². The van der Waals surface area contributed by atoms with E-state index in [1.165, 1.54) is 37.3 Å². The highest BCUT2D eigenvalue weighted by Crippen LogP contribution is 2.13. The summed E-state index contributed by atoms with van der Waals surface area (Å²) in [7, 11) is -1.49. The van der Waals surface area contributed by atoms with Crippen LogP contribution in [0, 0.1) is 6.92 Å². The van der Waals surface area contributed by atoms with Crippen LogP contribution in [0.1, 0.15) is 11.3 Å². The molecule has 0 radical (unpaired) electrons. The maximum atomic E-state index is 12.3. The third-order valence-corrected chi connectivity index (χ3v) is 5.10. The Morgan fingerprint density at radius 1 is 1.26 bits per heavy atom. The monoisotopic (exact) mass is 393 g/mol. The topological polar surface area (TPSA) is 152 Å². The number of aliphatic hydroxyl groups is 1. The predicted molar refractivity (Wildman–Crippen MR) is 99.9 cm³/mol. The van der Waals surface area contributed by atoms with E-state index in [0.717, 1.165) is 6.08 Å². The normalized spacial score (nSPS) is 13.4. The molecule has 2 aromatic rings. The van der Waals surface area contributed by atoms with Crippen molar-refractivity contribution in [3.8, 4) is 5.75 Å². The van der Waals surface area contributed by atoms with Gasteiger partial charge in [0.25, 0.3) is 5.56 Å². The Labute approximate surface area is 156 Å². The van der Waals surface area contributed by atoms with Crippen LogP contribution < -0.4 is 16.6 Å². The van der Waals surface area contributed by atoms with Crippen molar-refractivity contribution in [3.05, 3.63) is 62.4 Å². The van der Waals surface area contributed by atoms with Crippen LogP contribution in [-0.2, 0) is 15.6 Å². The summed E-state index contributed by atoms with van der Waals surface area (Å²) in [6.45, 7) is 1.09. The average molecular weight is 393 g/mol. The minimum Gasteiger partial charge on any atom is -0.508 e. The Morgan fingerprint density at radius 3 is 2.52 bits per heavy atom. The van der Waals surface area contributed by atoms with Gasteiger partial charge in [-0.15, -0.1) is 0 Å². The SMILES string of the molecule is Cc1[nH]c(=O)[nH]c(=O)c1/C=C/C(=O)N[C@@H](CO)CS(=O)c1ccc(O)cc1. The lowest BCUT2D eigenvalue weighted by Crippen LogP contribution is -2.40. The van der Waals surface area contributed by atoms with Crippen LogP contribution in [0.2, 0.25) is 0 Å². The van der Waals surface area contributed by atoms with Gasteiger partial charge in [-0.2, -0.15) is 0 Å². The van der Waals surface area contributed by atoms with Crippen molar-refractivity contribution in [3.63, 3.8) is 0 Å². The number of hydrogen-bond acceptors (Lipinski definition) is 6. The third-order valence-electron chi connectivity index (χ3n) is 3.60. The van der Waals surface area contributed by atoms with E-state index in [1.54, 1.807) is 0 Å². The minimum absolute atomic E-state index is 0.0286. The van der Waals surface area contributed by atoms with Crippen molar-refractivity contribution >= 4 is 22.8 Å². The zero-order valence-corrected chi connectivity index (χ0v) is 15.2. The van der Waals surface area contributed by atoms with Crippen molar-refractivity contribution < 1.29 is 19.2 Å². The Kier molecular flexibility index (Phi) is 6.85. The Bertz CT molecular complexity index is 977. The van der Waals surface area contributed by atoms with Gasteiger partial charge in [-0.05, 0) is 37.3 Å². The van der Waals surface area contributed by atoms with Crippen LogP contribution in [0.3, 0.4) is 0 Å². The molecule has 0 aliphatic carbocycles. The van der Waals surface area contributed by atoms with E-state index in [4.69, 9.17) is 0 Å². The number of carbonyl (C=O) groups is 1. The summed E-state index contributed by atoms with van der Waals surface area (Å²) in [5, 5.41) is 21.2. The number of phenolic OH excluding ortho intramolecular Hbond substituents is 1. The van der Waals surface area contributed by atoms with Gasteiger partial charge in [0.05, 0.1) is 34.8 Å². The lowest BCUT2D eigenvalue weighted by molar-refractivity contribution is -0.117. The first kappa shape index (κ1) is 20.3. The zero-order valence-electron chi connectivity index (χ0n) is 14.4. The lowest BCUT2D eigenvalue weighted by atomic mass is 10.2. The quantitative estimate of drug-likeness (QED) is 0.395. The number of rotatable bonds is 7. The van der Waals surface area contributed by atoms with Gasteiger partial charge in [0.15, 0.2) is 0 Å². The maximum Gasteiger partial charge on any atom is 0.325 e. The van der Waals surface area contributed by atoms with Crippen LogP contribution in [0.15, 0.2) is 44.8 Å². The number of amides is 1. The molecular formula is C17H19N3O6S. The fourth-order valence-electron chi connectivity index (χ4n) is 2.24. The van der Waals surface area contributed by atoms with Crippen molar-refractivity contribution in [2.45, 2.75) is 17.9 Å². The second-order valence-electron chi connectivity index (χ2n) is 5.67. The van der Waals surface area contributed by atoms with Gasteiger partial charge in [-0.1, -0.05) is 0 Å². The first-order valence-corrected chi connectivity index (χ1v) is 9.22. The molecule has 0 spiro atoms. The van der Waals surface area contributed by atoms with E-state index >= 15 is 0 Å². The molecule has 1 heterocycles. The maximum absolute atomic E-state index is 12.3. The molecule has 0 aliphatic heterocycles. The van der Waals surface area contributed by atoms with E-state index in [0.29, 0.717) is 10.6 Å². The number of aromatic amines is 2. The Hall–Kier alpha value is -2.98. The molecule has 1 aromatic carbocycles. The number of aliphatic hydroxyl groups excluding tert-OH is 1. The molecule has 9 nitrogen and oxygen atoms in total. The first-order valence-electron chi connectivity index (χ1n) is 7.90. The largest absolute Gasteiger partial charge is 0.508 e. The third kappa shape index (κ3) is 5.76. The number of nitrogens with one attached hydrogen (secondary N) is 3. The fourth-order valence-corrected chi connectivity index (χ4v) is 3.42. The summed E-state index contributed by atoms with van der Waals surface area (Å²) in [6.07, 6.45) is 2.33. The summed E-state index contributed by atoms with van der Waals surface area (Å²) in [6, 6.07) is 5.01. The molecule has 1 unspecified atom stereocenters.